The first kappa shape index (κ1) is 17.9. The van der Waals surface area contributed by atoms with Crippen LogP contribution in [0.5, 0.6) is 0 Å². The Morgan fingerprint density at radius 1 is 0.926 bits per heavy atom. The van der Waals surface area contributed by atoms with Crippen LogP contribution < -0.4 is 10.4 Å². The van der Waals surface area contributed by atoms with E-state index < -0.39 is 0 Å². The molecular weight excluding hydrogens is 348 g/mol. The fraction of sp³-hybridized carbons (Fsp3) is 0.250. The molecule has 4 rings (SSSR count). The summed E-state index contributed by atoms with van der Waals surface area (Å²) in [6, 6.07) is 22.2. The molecule has 2 aromatic carbocycles. The van der Waals surface area contributed by atoms with Gasteiger partial charge in [0, 0.05) is 0 Å². The molecule has 0 saturated heterocycles. The molecule has 3 aromatic rings. The highest BCUT2D eigenvalue weighted by Crippen LogP contribution is 2.36. The Balaban J connectivity index is 1.72. The zero-order valence-electron chi connectivity index (χ0n) is 16.4. The first-order valence-corrected chi connectivity index (χ1v) is 10.3. The molecule has 1 aliphatic heterocycles. The third-order valence-electron chi connectivity index (χ3n) is 5.06. The smallest absolute Gasteiger partial charge is 0.0958 e. The van der Waals surface area contributed by atoms with Gasteiger partial charge in [-0.3, -0.25) is 10.4 Å². The van der Waals surface area contributed by atoms with E-state index in [0.717, 1.165) is 0 Å². The third-order valence-corrected chi connectivity index (χ3v) is 5.96. The number of benzene rings is 2. The zero-order valence-corrected chi connectivity index (χ0v) is 17.2. The van der Waals surface area contributed by atoms with Gasteiger partial charge < -0.3 is 0 Å². The topological polar surface area (TPSA) is 15.3 Å². The molecule has 138 valence electrons. The first-order valence-electron chi connectivity index (χ1n) is 9.40. The van der Waals surface area contributed by atoms with Crippen LogP contribution in [0.25, 0.3) is 5.70 Å². The predicted molar refractivity (Wildman–Crippen MR) is 117 cm³/mol. The molecule has 1 atom stereocenters. The highest BCUT2D eigenvalue weighted by atomic mass is 32.1. The summed E-state index contributed by atoms with van der Waals surface area (Å²) in [6.45, 7) is 8.89. The Labute approximate surface area is 166 Å². The zero-order chi connectivity index (χ0) is 19.0. The molecule has 3 heteroatoms. The van der Waals surface area contributed by atoms with Crippen LogP contribution in [-0.4, -0.2) is 0 Å². The maximum absolute atomic E-state index is 3.63. The number of aryl methyl sites for hydroxylation is 1. The number of hydrazine groups is 1. The summed E-state index contributed by atoms with van der Waals surface area (Å²) in [4.78, 5) is 1.26. The molecule has 1 aliphatic rings. The summed E-state index contributed by atoms with van der Waals surface area (Å²) < 4.78 is 0. The minimum Gasteiger partial charge on any atom is -0.296 e. The lowest BCUT2D eigenvalue weighted by molar-refractivity contribution is 0.589. The van der Waals surface area contributed by atoms with Crippen molar-refractivity contribution in [1.29, 1.82) is 0 Å². The second-order valence-corrected chi connectivity index (χ2v) is 9.14. The van der Waals surface area contributed by atoms with E-state index in [1.54, 1.807) is 11.3 Å². The number of nitrogens with zero attached hydrogens (tertiary/aromatic N) is 1. The van der Waals surface area contributed by atoms with Crippen molar-refractivity contribution in [2.45, 2.75) is 39.2 Å². The van der Waals surface area contributed by atoms with E-state index in [2.05, 4.69) is 110 Å². The van der Waals surface area contributed by atoms with Crippen molar-refractivity contribution in [2.75, 3.05) is 5.01 Å². The molecule has 1 unspecified atom stereocenters. The number of anilines is 1. The van der Waals surface area contributed by atoms with Gasteiger partial charge in [0.05, 0.1) is 22.3 Å². The van der Waals surface area contributed by atoms with Gasteiger partial charge in [-0.25, -0.2) is 0 Å². The average Bonchev–Trinajstić information content (AvgIpc) is 3.31. The Morgan fingerprint density at radius 2 is 1.63 bits per heavy atom. The average molecular weight is 375 g/mol. The van der Waals surface area contributed by atoms with Gasteiger partial charge in [0.1, 0.15) is 0 Å². The van der Waals surface area contributed by atoms with E-state index in [1.807, 2.05) is 0 Å². The highest BCUT2D eigenvalue weighted by molar-refractivity contribution is 7.11. The largest absolute Gasteiger partial charge is 0.296 e. The fourth-order valence-corrected chi connectivity index (χ4v) is 4.10. The second kappa shape index (κ2) is 6.90. The van der Waals surface area contributed by atoms with E-state index in [0.29, 0.717) is 0 Å². The second-order valence-electron chi connectivity index (χ2n) is 8.19. The lowest BCUT2D eigenvalue weighted by Crippen LogP contribution is -2.33. The molecule has 0 bridgehead atoms. The molecule has 0 fully saturated rings. The van der Waals surface area contributed by atoms with Crippen LogP contribution in [0.2, 0.25) is 0 Å². The van der Waals surface area contributed by atoms with Crippen LogP contribution >= 0.6 is 11.3 Å². The van der Waals surface area contributed by atoms with Gasteiger partial charge in [-0.05, 0) is 53.1 Å². The first-order chi connectivity index (χ1) is 12.9. The third kappa shape index (κ3) is 3.65. The monoisotopic (exact) mass is 374 g/mol. The quantitative estimate of drug-likeness (QED) is 0.566. The van der Waals surface area contributed by atoms with E-state index in [-0.39, 0.29) is 11.5 Å². The lowest BCUT2D eigenvalue weighted by atomic mass is 9.86. The number of rotatable bonds is 3. The van der Waals surface area contributed by atoms with E-state index >= 15 is 0 Å². The minimum atomic E-state index is 0.166. The molecule has 0 spiro atoms. The molecule has 0 aliphatic carbocycles. The van der Waals surface area contributed by atoms with Crippen molar-refractivity contribution in [3.63, 3.8) is 0 Å². The Hall–Kier alpha value is -2.52. The van der Waals surface area contributed by atoms with Gasteiger partial charge in [-0.2, -0.15) is 0 Å². The Kier molecular flexibility index (Phi) is 4.56. The SMILES string of the molecule is Cc1ccc(N2NC(c3cccs3)=CC2c2ccc(C(C)(C)C)cc2)cc1. The van der Waals surface area contributed by atoms with Crippen LogP contribution in [0.3, 0.4) is 0 Å². The Bertz CT molecular complexity index is 930. The Morgan fingerprint density at radius 3 is 2.22 bits per heavy atom. The van der Waals surface area contributed by atoms with Gasteiger partial charge in [0.25, 0.3) is 0 Å². The molecule has 1 aromatic heterocycles. The van der Waals surface area contributed by atoms with E-state index in [1.165, 1.54) is 33.0 Å². The standard InChI is InChI=1S/C24H26N2S/c1-17-7-13-20(14-8-17)26-22(16-21(25-26)23-6-5-15-27-23)18-9-11-19(12-10-18)24(2,3)4/h5-16,22,25H,1-4H3. The van der Waals surface area contributed by atoms with Gasteiger partial charge in [-0.15, -0.1) is 11.3 Å². The highest BCUT2D eigenvalue weighted by Gasteiger charge is 2.28. The number of thiophene rings is 1. The van der Waals surface area contributed by atoms with Gasteiger partial charge in [0.2, 0.25) is 0 Å². The van der Waals surface area contributed by atoms with Gasteiger partial charge in [-0.1, -0.05) is 68.8 Å². The van der Waals surface area contributed by atoms with Crippen LogP contribution in [-0.2, 0) is 5.41 Å². The summed E-state index contributed by atoms with van der Waals surface area (Å²) in [5.41, 5.74) is 10.1. The van der Waals surface area contributed by atoms with Crippen molar-refractivity contribution in [3.8, 4) is 0 Å². The van der Waals surface area contributed by atoms with Crippen LogP contribution in [0.1, 0.15) is 48.4 Å². The number of nitrogens with one attached hydrogen (secondary N) is 1. The summed E-state index contributed by atoms with van der Waals surface area (Å²) in [6.07, 6.45) is 2.33. The van der Waals surface area contributed by atoms with Crippen molar-refractivity contribution in [3.05, 3.63) is 93.7 Å². The molecule has 2 nitrogen and oxygen atoms in total. The summed E-state index contributed by atoms with van der Waals surface area (Å²) in [5, 5.41) is 4.39. The molecule has 0 amide bonds. The van der Waals surface area contributed by atoms with Gasteiger partial charge in [0.15, 0.2) is 0 Å². The number of hydrogen-bond donors (Lipinski definition) is 1. The normalized spacial score (nSPS) is 17.0. The molecule has 0 saturated carbocycles. The molecule has 1 N–H and O–H groups in total. The molecule has 27 heavy (non-hydrogen) atoms. The minimum absolute atomic E-state index is 0.166. The summed E-state index contributed by atoms with van der Waals surface area (Å²) >= 11 is 1.77. The predicted octanol–water partition coefficient (Wildman–Crippen LogP) is 6.46. The number of hydrogen-bond acceptors (Lipinski definition) is 3. The van der Waals surface area contributed by atoms with Crippen molar-refractivity contribution >= 4 is 22.7 Å². The van der Waals surface area contributed by atoms with Crippen LogP contribution in [0.15, 0.2) is 72.1 Å². The van der Waals surface area contributed by atoms with E-state index in [9.17, 15) is 0 Å². The summed E-state index contributed by atoms with van der Waals surface area (Å²) in [7, 11) is 0. The van der Waals surface area contributed by atoms with E-state index in [4.69, 9.17) is 0 Å². The molecule has 2 heterocycles. The van der Waals surface area contributed by atoms with Crippen LogP contribution in [0.4, 0.5) is 5.69 Å². The lowest BCUT2D eigenvalue weighted by Gasteiger charge is -2.28. The fourth-order valence-electron chi connectivity index (χ4n) is 3.39. The van der Waals surface area contributed by atoms with Gasteiger partial charge >= 0.3 is 0 Å². The van der Waals surface area contributed by atoms with Crippen molar-refractivity contribution in [2.24, 2.45) is 0 Å². The van der Waals surface area contributed by atoms with Crippen molar-refractivity contribution < 1.29 is 0 Å². The molecule has 0 radical (unpaired) electrons. The van der Waals surface area contributed by atoms with Crippen LogP contribution in [0, 0.1) is 6.92 Å². The van der Waals surface area contributed by atoms with Crippen molar-refractivity contribution in [1.82, 2.24) is 5.43 Å². The summed E-state index contributed by atoms with van der Waals surface area (Å²) in [5.74, 6) is 0. The maximum Gasteiger partial charge on any atom is 0.0958 e. The maximum atomic E-state index is 3.63. The molecular formula is C24H26N2S.